The zero-order valence-electron chi connectivity index (χ0n) is 20.3. The number of alkyl halides is 3. The van der Waals surface area contributed by atoms with Crippen LogP contribution in [-0.4, -0.2) is 41.8 Å². The van der Waals surface area contributed by atoms with Gasteiger partial charge in [0.2, 0.25) is 5.91 Å². The van der Waals surface area contributed by atoms with Crippen LogP contribution in [0.2, 0.25) is 5.02 Å². The summed E-state index contributed by atoms with van der Waals surface area (Å²) in [5, 5.41) is 0.530. The number of hydrogen-bond donors (Lipinski definition) is 0. The van der Waals surface area contributed by atoms with Crippen LogP contribution in [0.1, 0.15) is 48.0 Å². The third-order valence-corrected chi connectivity index (χ3v) is 7.24. The molecule has 0 spiro atoms. The normalized spacial score (nSPS) is 20.1. The first kappa shape index (κ1) is 25.5. The Kier molecular flexibility index (Phi) is 7.14. The van der Waals surface area contributed by atoms with Crippen molar-refractivity contribution < 1.29 is 22.7 Å². The van der Waals surface area contributed by atoms with Gasteiger partial charge in [0, 0.05) is 35.1 Å². The number of amides is 1. The van der Waals surface area contributed by atoms with E-state index in [0.29, 0.717) is 35.2 Å². The van der Waals surface area contributed by atoms with Crippen LogP contribution in [0.5, 0.6) is 5.75 Å². The van der Waals surface area contributed by atoms with Gasteiger partial charge in [-0.3, -0.25) is 14.7 Å². The van der Waals surface area contributed by atoms with Gasteiger partial charge in [-0.1, -0.05) is 29.8 Å². The molecule has 9 heteroatoms. The van der Waals surface area contributed by atoms with Gasteiger partial charge in [0.1, 0.15) is 5.75 Å². The maximum Gasteiger partial charge on any atom is 0.573 e. The first-order valence-corrected chi connectivity index (χ1v) is 12.6. The number of likely N-dealkylation sites (N-methyl/N-ethyl adjacent to an activating group) is 1. The number of hydrogen-bond acceptors (Lipinski definition) is 4. The fourth-order valence-corrected chi connectivity index (χ4v) is 5.00. The number of carbonyl (C=O) groups excluding carboxylic acids is 1. The number of carbonyl (C=O) groups is 1. The van der Waals surface area contributed by atoms with Crippen molar-refractivity contribution in [3.8, 4) is 5.75 Å². The molecule has 0 N–H and O–H groups in total. The molecular weight excluding hydrogens is 503 g/mol. The summed E-state index contributed by atoms with van der Waals surface area (Å²) in [7, 11) is 1.90. The molecule has 3 aromatic rings. The molecule has 37 heavy (non-hydrogen) atoms. The monoisotopic (exact) mass is 529 g/mol. The molecule has 1 saturated heterocycles. The quantitative estimate of drug-likeness (QED) is 0.333. The van der Waals surface area contributed by atoms with Crippen molar-refractivity contribution >= 4 is 23.2 Å². The highest BCUT2D eigenvalue weighted by atomic mass is 35.5. The van der Waals surface area contributed by atoms with E-state index in [-0.39, 0.29) is 11.7 Å². The van der Waals surface area contributed by atoms with E-state index in [4.69, 9.17) is 11.6 Å². The summed E-state index contributed by atoms with van der Waals surface area (Å²) in [6.45, 7) is 0.638. The van der Waals surface area contributed by atoms with E-state index in [1.54, 1.807) is 35.2 Å². The largest absolute Gasteiger partial charge is 0.573 e. The van der Waals surface area contributed by atoms with E-state index < -0.39 is 18.4 Å². The molecule has 5 rings (SSSR count). The standard InChI is InChI=1S/C28H27ClF3N3O2/c1-34(14-13-18-5-12-24(33-17-18)19-6-7-19)26-16-25(20-3-2-4-23(15-20)37-28(30,31)32)35(27(26)36)22-10-8-21(29)9-11-22/h2-5,8-12,15,17,19,25-26H,6-7,13-14,16H2,1H3/t25-,26-/m1/s1. The van der Waals surface area contributed by atoms with Crippen molar-refractivity contribution in [3.05, 3.63) is 88.7 Å². The number of ether oxygens (including phenoxy) is 1. The summed E-state index contributed by atoms with van der Waals surface area (Å²) in [5.41, 5.74) is 3.45. The average molecular weight is 530 g/mol. The van der Waals surface area contributed by atoms with E-state index >= 15 is 0 Å². The molecule has 0 radical (unpaired) electrons. The van der Waals surface area contributed by atoms with Crippen LogP contribution in [-0.2, 0) is 11.2 Å². The highest BCUT2D eigenvalue weighted by Crippen LogP contribution is 2.41. The van der Waals surface area contributed by atoms with Crippen molar-refractivity contribution in [3.63, 3.8) is 0 Å². The van der Waals surface area contributed by atoms with Crippen molar-refractivity contribution in [1.82, 2.24) is 9.88 Å². The summed E-state index contributed by atoms with van der Waals surface area (Å²) in [5.74, 6) is 0.176. The summed E-state index contributed by atoms with van der Waals surface area (Å²) in [4.78, 5) is 21.9. The number of nitrogens with zero attached hydrogens (tertiary/aromatic N) is 3. The van der Waals surface area contributed by atoms with Gasteiger partial charge in [0.25, 0.3) is 0 Å². The Hall–Kier alpha value is -3.10. The Morgan fingerprint density at radius 2 is 1.86 bits per heavy atom. The van der Waals surface area contributed by atoms with Gasteiger partial charge in [0.15, 0.2) is 0 Å². The van der Waals surface area contributed by atoms with Gasteiger partial charge < -0.3 is 9.64 Å². The SMILES string of the molecule is CN(CCc1ccc(C2CC2)nc1)[C@@H]1C[C@H](c2cccc(OC(F)(F)F)c2)N(c2ccc(Cl)cc2)C1=O. The second-order valence-electron chi connectivity index (χ2n) is 9.67. The number of pyridine rings is 1. The van der Waals surface area contributed by atoms with E-state index in [0.717, 1.165) is 17.7 Å². The van der Waals surface area contributed by atoms with Crippen LogP contribution in [0, 0.1) is 0 Å². The predicted molar refractivity (Wildman–Crippen MR) is 136 cm³/mol. The molecule has 0 bridgehead atoms. The van der Waals surface area contributed by atoms with E-state index in [1.165, 1.54) is 31.0 Å². The Morgan fingerprint density at radius 3 is 2.51 bits per heavy atom. The van der Waals surface area contributed by atoms with Crippen LogP contribution in [0.15, 0.2) is 66.9 Å². The molecule has 1 aliphatic heterocycles. The number of rotatable bonds is 8. The Labute approximate surface area is 218 Å². The number of aromatic nitrogens is 1. The van der Waals surface area contributed by atoms with Crippen molar-refractivity contribution in [2.24, 2.45) is 0 Å². The lowest BCUT2D eigenvalue weighted by molar-refractivity contribution is -0.274. The Balaban J connectivity index is 1.36. The average Bonchev–Trinajstić information content (AvgIpc) is 3.65. The van der Waals surface area contributed by atoms with Crippen molar-refractivity contribution in [2.75, 3.05) is 18.5 Å². The fourth-order valence-electron chi connectivity index (χ4n) is 4.88. The van der Waals surface area contributed by atoms with Gasteiger partial charge in [0.05, 0.1) is 12.1 Å². The van der Waals surface area contributed by atoms with Gasteiger partial charge in [-0.25, -0.2) is 0 Å². The molecule has 2 heterocycles. The van der Waals surface area contributed by atoms with E-state index in [2.05, 4.69) is 21.9 Å². The lowest BCUT2D eigenvalue weighted by Crippen LogP contribution is -2.40. The van der Waals surface area contributed by atoms with Gasteiger partial charge >= 0.3 is 6.36 Å². The van der Waals surface area contributed by atoms with E-state index in [9.17, 15) is 18.0 Å². The summed E-state index contributed by atoms with van der Waals surface area (Å²) in [6, 6.07) is 16.0. The lowest BCUT2D eigenvalue weighted by Gasteiger charge is -2.26. The van der Waals surface area contributed by atoms with Crippen LogP contribution in [0.4, 0.5) is 18.9 Å². The molecule has 1 saturated carbocycles. The molecule has 0 unspecified atom stereocenters. The molecule has 5 nitrogen and oxygen atoms in total. The minimum atomic E-state index is -4.80. The van der Waals surface area contributed by atoms with Gasteiger partial charge in [-0.2, -0.15) is 0 Å². The highest BCUT2D eigenvalue weighted by Gasteiger charge is 2.43. The molecule has 2 atom stereocenters. The maximum absolute atomic E-state index is 13.7. The van der Waals surface area contributed by atoms with Crippen molar-refractivity contribution in [1.29, 1.82) is 0 Å². The second kappa shape index (κ2) is 10.3. The third-order valence-electron chi connectivity index (χ3n) is 6.99. The first-order valence-electron chi connectivity index (χ1n) is 12.3. The zero-order chi connectivity index (χ0) is 26.2. The molecule has 2 aliphatic rings. The smallest absolute Gasteiger partial charge is 0.406 e. The third kappa shape index (κ3) is 6.08. The predicted octanol–water partition coefficient (Wildman–Crippen LogP) is 6.53. The topological polar surface area (TPSA) is 45.7 Å². The highest BCUT2D eigenvalue weighted by molar-refractivity contribution is 6.30. The minimum absolute atomic E-state index is 0.112. The van der Waals surface area contributed by atoms with Crippen LogP contribution in [0.25, 0.3) is 0 Å². The second-order valence-corrected chi connectivity index (χ2v) is 10.1. The first-order chi connectivity index (χ1) is 17.7. The molecule has 1 aliphatic carbocycles. The summed E-state index contributed by atoms with van der Waals surface area (Å²) < 4.78 is 42.7. The molecule has 194 valence electrons. The summed E-state index contributed by atoms with van der Waals surface area (Å²) >= 11 is 6.06. The van der Waals surface area contributed by atoms with Crippen molar-refractivity contribution in [2.45, 2.75) is 50.0 Å². The van der Waals surface area contributed by atoms with Gasteiger partial charge in [-0.15, -0.1) is 13.2 Å². The fraction of sp³-hybridized carbons (Fsp3) is 0.357. The van der Waals surface area contributed by atoms with Crippen LogP contribution >= 0.6 is 11.6 Å². The number of anilines is 1. The maximum atomic E-state index is 13.7. The Morgan fingerprint density at radius 1 is 1.11 bits per heavy atom. The minimum Gasteiger partial charge on any atom is -0.406 e. The molecule has 1 aromatic heterocycles. The molecule has 2 fully saturated rings. The molecule has 1 amide bonds. The van der Waals surface area contributed by atoms with Gasteiger partial charge in [-0.05, 0) is 86.3 Å². The zero-order valence-corrected chi connectivity index (χ0v) is 21.0. The van der Waals surface area contributed by atoms with Crippen LogP contribution in [0.3, 0.4) is 0 Å². The van der Waals surface area contributed by atoms with E-state index in [1.807, 2.05) is 18.1 Å². The lowest BCUT2D eigenvalue weighted by atomic mass is 10.0. The number of halogens is 4. The molecular formula is C28H27ClF3N3O2. The number of benzene rings is 2. The Bertz CT molecular complexity index is 1250. The molecule has 2 aromatic carbocycles. The summed E-state index contributed by atoms with van der Waals surface area (Å²) in [6.07, 6.45) is 0.678. The van der Waals surface area contributed by atoms with Crippen LogP contribution < -0.4 is 9.64 Å².